The molecule has 124 valence electrons. The van der Waals surface area contributed by atoms with Gasteiger partial charge in [0.05, 0.1) is 14.2 Å². The summed E-state index contributed by atoms with van der Waals surface area (Å²) in [6.45, 7) is 5.42. The van der Waals surface area contributed by atoms with Crippen molar-refractivity contribution in [3.63, 3.8) is 0 Å². The highest BCUT2D eigenvalue weighted by Gasteiger charge is 2.21. The standard InChI is InChI=1S/C16H24N2O3.ClH/c1-12-14(20-3)10-13(11-15(12)21-4)16(19)18-7-5-6-17(2)8-9-18;/h10-11H,5-9H2,1-4H3;1H. The van der Waals surface area contributed by atoms with Crippen LogP contribution in [0.15, 0.2) is 12.1 Å². The average Bonchev–Trinajstić information content (AvgIpc) is 2.71. The normalized spacial score (nSPS) is 15.7. The summed E-state index contributed by atoms with van der Waals surface area (Å²) in [6, 6.07) is 3.60. The van der Waals surface area contributed by atoms with Gasteiger partial charge >= 0.3 is 0 Å². The molecule has 1 saturated heterocycles. The van der Waals surface area contributed by atoms with Crippen LogP contribution in [-0.4, -0.2) is 63.2 Å². The minimum absolute atomic E-state index is 0. The molecule has 2 rings (SSSR count). The summed E-state index contributed by atoms with van der Waals surface area (Å²) in [5.74, 6) is 1.41. The van der Waals surface area contributed by atoms with E-state index < -0.39 is 0 Å². The van der Waals surface area contributed by atoms with Gasteiger partial charge in [0, 0.05) is 30.8 Å². The molecule has 1 fully saturated rings. The van der Waals surface area contributed by atoms with Crippen molar-refractivity contribution in [2.75, 3.05) is 47.4 Å². The van der Waals surface area contributed by atoms with Crippen LogP contribution < -0.4 is 9.47 Å². The molecule has 1 aromatic rings. The summed E-state index contributed by atoms with van der Waals surface area (Å²) < 4.78 is 10.7. The van der Waals surface area contributed by atoms with Crippen LogP contribution in [-0.2, 0) is 0 Å². The van der Waals surface area contributed by atoms with E-state index in [0.717, 1.165) is 38.2 Å². The van der Waals surface area contributed by atoms with Gasteiger partial charge in [-0.1, -0.05) is 0 Å². The Bertz CT molecular complexity index is 497. The SMILES string of the molecule is COc1cc(C(=O)N2CCCN(C)CC2)cc(OC)c1C.Cl. The second kappa shape index (κ2) is 8.25. The molecule has 1 heterocycles. The highest BCUT2D eigenvalue weighted by atomic mass is 35.5. The van der Waals surface area contributed by atoms with Crippen LogP contribution in [0.2, 0.25) is 0 Å². The number of benzene rings is 1. The zero-order valence-electron chi connectivity index (χ0n) is 13.7. The number of amides is 1. The quantitative estimate of drug-likeness (QED) is 0.853. The maximum Gasteiger partial charge on any atom is 0.254 e. The Morgan fingerprint density at radius 2 is 1.64 bits per heavy atom. The summed E-state index contributed by atoms with van der Waals surface area (Å²) >= 11 is 0. The molecule has 0 unspecified atom stereocenters. The van der Waals surface area contributed by atoms with Gasteiger partial charge in [0.1, 0.15) is 11.5 Å². The van der Waals surface area contributed by atoms with Crippen molar-refractivity contribution in [3.8, 4) is 11.5 Å². The molecule has 22 heavy (non-hydrogen) atoms. The highest BCUT2D eigenvalue weighted by Crippen LogP contribution is 2.30. The molecule has 0 N–H and O–H groups in total. The van der Waals surface area contributed by atoms with E-state index in [1.807, 2.05) is 11.8 Å². The van der Waals surface area contributed by atoms with Gasteiger partial charge in [-0.05, 0) is 39.1 Å². The summed E-state index contributed by atoms with van der Waals surface area (Å²) in [5, 5.41) is 0. The number of likely N-dealkylation sites (N-methyl/N-ethyl adjacent to an activating group) is 1. The monoisotopic (exact) mass is 328 g/mol. The Morgan fingerprint density at radius 3 is 2.18 bits per heavy atom. The fraction of sp³-hybridized carbons (Fsp3) is 0.562. The first-order chi connectivity index (χ1) is 10.1. The summed E-state index contributed by atoms with van der Waals surface area (Å²) in [4.78, 5) is 16.9. The first kappa shape index (κ1) is 18.6. The van der Waals surface area contributed by atoms with Crippen LogP contribution in [0.1, 0.15) is 22.3 Å². The molecule has 1 amide bonds. The minimum Gasteiger partial charge on any atom is -0.496 e. The van der Waals surface area contributed by atoms with E-state index in [0.29, 0.717) is 17.1 Å². The molecular formula is C16H25ClN2O3. The maximum atomic E-state index is 12.7. The first-order valence-electron chi connectivity index (χ1n) is 7.27. The van der Waals surface area contributed by atoms with Gasteiger partial charge in [-0.3, -0.25) is 4.79 Å². The number of halogens is 1. The topological polar surface area (TPSA) is 42.0 Å². The fourth-order valence-electron chi connectivity index (χ4n) is 2.64. The van der Waals surface area contributed by atoms with Crippen LogP contribution in [0.5, 0.6) is 11.5 Å². The summed E-state index contributed by atoms with van der Waals surface area (Å²) in [7, 11) is 5.31. The predicted octanol–water partition coefficient (Wildman–Crippen LogP) is 2.21. The van der Waals surface area contributed by atoms with Gasteiger partial charge in [-0.2, -0.15) is 0 Å². The number of methoxy groups -OCH3 is 2. The molecule has 0 saturated carbocycles. The summed E-state index contributed by atoms with van der Waals surface area (Å²) in [5.41, 5.74) is 1.53. The minimum atomic E-state index is 0. The third kappa shape index (κ3) is 4.05. The van der Waals surface area contributed by atoms with E-state index in [9.17, 15) is 4.79 Å². The van der Waals surface area contributed by atoms with E-state index in [2.05, 4.69) is 11.9 Å². The number of carbonyl (C=O) groups excluding carboxylic acids is 1. The third-order valence-electron chi connectivity index (χ3n) is 4.01. The van der Waals surface area contributed by atoms with Crippen molar-refractivity contribution in [2.24, 2.45) is 0 Å². The zero-order chi connectivity index (χ0) is 15.4. The average molecular weight is 329 g/mol. The Labute approximate surface area is 138 Å². The molecule has 0 atom stereocenters. The van der Waals surface area contributed by atoms with Crippen molar-refractivity contribution >= 4 is 18.3 Å². The lowest BCUT2D eigenvalue weighted by atomic mass is 10.1. The number of hydrogen-bond donors (Lipinski definition) is 0. The lowest BCUT2D eigenvalue weighted by Gasteiger charge is -2.21. The molecule has 1 aliphatic rings. The Balaban J connectivity index is 0.00000242. The van der Waals surface area contributed by atoms with E-state index in [1.165, 1.54) is 0 Å². The van der Waals surface area contributed by atoms with E-state index in [-0.39, 0.29) is 18.3 Å². The number of ether oxygens (including phenoxy) is 2. The van der Waals surface area contributed by atoms with Crippen molar-refractivity contribution in [1.29, 1.82) is 0 Å². The molecule has 1 aliphatic heterocycles. The van der Waals surface area contributed by atoms with Crippen LogP contribution >= 0.6 is 12.4 Å². The molecule has 0 bridgehead atoms. The van der Waals surface area contributed by atoms with Gasteiger partial charge < -0.3 is 19.3 Å². The van der Waals surface area contributed by atoms with Crippen LogP contribution in [0.25, 0.3) is 0 Å². The van der Waals surface area contributed by atoms with E-state index in [4.69, 9.17) is 9.47 Å². The third-order valence-corrected chi connectivity index (χ3v) is 4.01. The second-order valence-electron chi connectivity index (χ2n) is 5.45. The molecule has 0 aliphatic carbocycles. The van der Waals surface area contributed by atoms with Crippen molar-refractivity contribution in [2.45, 2.75) is 13.3 Å². The number of nitrogens with zero attached hydrogens (tertiary/aromatic N) is 2. The van der Waals surface area contributed by atoms with Crippen molar-refractivity contribution < 1.29 is 14.3 Å². The van der Waals surface area contributed by atoms with Gasteiger partial charge in [0.15, 0.2) is 0 Å². The molecule has 0 spiro atoms. The fourth-order valence-corrected chi connectivity index (χ4v) is 2.64. The van der Waals surface area contributed by atoms with E-state index >= 15 is 0 Å². The van der Waals surface area contributed by atoms with Crippen LogP contribution in [0.4, 0.5) is 0 Å². The van der Waals surface area contributed by atoms with Crippen LogP contribution in [0, 0.1) is 6.92 Å². The molecule has 5 nitrogen and oxygen atoms in total. The Morgan fingerprint density at radius 1 is 1.05 bits per heavy atom. The predicted molar refractivity (Wildman–Crippen MR) is 89.5 cm³/mol. The Kier molecular flexibility index (Phi) is 6.97. The molecular weight excluding hydrogens is 304 g/mol. The number of rotatable bonds is 3. The molecule has 0 aromatic heterocycles. The van der Waals surface area contributed by atoms with E-state index in [1.54, 1.807) is 26.4 Å². The lowest BCUT2D eigenvalue weighted by molar-refractivity contribution is 0.0762. The van der Waals surface area contributed by atoms with Crippen LogP contribution in [0.3, 0.4) is 0 Å². The maximum absolute atomic E-state index is 12.7. The van der Waals surface area contributed by atoms with Gasteiger partial charge in [0.25, 0.3) is 5.91 Å². The Hall–Kier alpha value is -1.46. The largest absolute Gasteiger partial charge is 0.496 e. The molecule has 1 aromatic carbocycles. The second-order valence-corrected chi connectivity index (χ2v) is 5.45. The molecule has 6 heteroatoms. The molecule has 0 radical (unpaired) electrons. The lowest BCUT2D eigenvalue weighted by Crippen LogP contribution is -2.34. The van der Waals surface area contributed by atoms with Crippen molar-refractivity contribution in [1.82, 2.24) is 9.80 Å². The van der Waals surface area contributed by atoms with Crippen molar-refractivity contribution in [3.05, 3.63) is 23.3 Å². The first-order valence-corrected chi connectivity index (χ1v) is 7.27. The smallest absolute Gasteiger partial charge is 0.254 e. The number of hydrogen-bond acceptors (Lipinski definition) is 4. The number of carbonyl (C=O) groups is 1. The van der Waals surface area contributed by atoms with Gasteiger partial charge in [-0.15, -0.1) is 12.4 Å². The van der Waals surface area contributed by atoms with Gasteiger partial charge in [0.2, 0.25) is 0 Å². The van der Waals surface area contributed by atoms with Gasteiger partial charge in [-0.25, -0.2) is 0 Å². The zero-order valence-corrected chi connectivity index (χ0v) is 14.5. The summed E-state index contributed by atoms with van der Waals surface area (Å²) in [6.07, 6.45) is 1.00. The highest BCUT2D eigenvalue weighted by molar-refractivity contribution is 5.95.